The average Bonchev–Trinajstić information content (AvgIpc) is 2.89. The van der Waals surface area contributed by atoms with E-state index in [0.29, 0.717) is 38.6 Å². The van der Waals surface area contributed by atoms with Crippen LogP contribution in [0.5, 0.6) is 23.1 Å². The second-order valence-corrected chi connectivity index (χ2v) is 7.01. The minimum Gasteiger partial charge on any atom is -0.497 e. The molecule has 130 valence electrons. The van der Waals surface area contributed by atoms with Gasteiger partial charge in [-0.15, -0.1) is 0 Å². The van der Waals surface area contributed by atoms with Gasteiger partial charge in [-0.3, -0.25) is 9.78 Å². The Morgan fingerprint density at radius 3 is 2.24 bits per heavy atom. The SMILES string of the molecule is COc1ccc(Oc2c(Cl)cc(Cc3sc(=O)[nH]c3O)cc2Cl)cc1. The van der Waals surface area contributed by atoms with Crippen molar-refractivity contribution < 1.29 is 14.6 Å². The molecule has 2 N–H and O–H groups in total. The molecule has 0 spiro atoms. The summed E-state index contributed by atoms with van der Waals surface area (Å²) in [7, 11) is 1.58. The molecule has 0 amide bonds. The van der Waals surface area contributed by atoms with Gasteiger partial charge in [0.15, 0.2) is 5.75 Å². The number of aromatic amines is 1. The predicted octanol–water partition coefficient (Wildman–Crippen LogP) is 4.84. The summed E-state index contributed by atoms with van der Waals surface area (Å²) in [5.74, 6) is 1.48. The largest absolute Gasteiger partial charge is 0.497 e. The molecule has 0 aliphatic heterocycles. The molecule has 0 saturated carbocycles. The number of aromatic hydroxyl groups is 1. The maximum atomic E-state index is 11.3. The third-order valence-corrected chi connectivity index (χ3v) is 4.84. The van der Waals surface area contributed by atoms with Crippen molar-refractivity contribution >= 4 is 34.5 Å². The van der Waals surface area contributed by atoms with E-state index < -0.39 is 0 Å². The Morgan fingerprint density at radius 1 is 1.12 bits per heavy atom. The third-order valence-electron chi connectivity index (χ3n) is 3.40. The maximum absolute atomic E-state index is 11.3. The van der Waals surface area contributed by atoms with Gasteiger partial charge in [0.25, 0.3) is 0 Å². The molecular formula is C17H13Cl2NO4S. The summed E-state index contributed by atoms with van der Waals surface area (Å²) < 4.78 is 10.8. The van der Waals surface area contributed by atoms with Crippen LogP contribution in [0.15, 0.2) is 41.2 Å². The van der Waals surface area contributed by atoms with E-state index in [1.165, 1.54) is 0 Å². The quantitative estimate of drug-likeness (QED) is 0.645. The number of methoxy groups -OCH3 is 1. The molecule has 8 heteroatoms. The van der Waals surface area contributed by atoms with E-state index >= 15 is 0 Å². The minimum atomic E-state index is -0.316. The van der Waals surface area contributed by atoms with Crippen LogP contribution >= 0.6 is 34.5 Å². The van der Waals surface area contributed by atoms with Gasteiger partial charge >= 0.3 is 4.87 Å². The molecule has 5 nitrogen and oxygen atoms in total. The molecule has 0 radical (unpaired) electrons. The number of nitrogens with one attached hydrogen (secondary N) is 1. The summed E-state index contributed by atoms with van der Waals surface area (Å²) in [6.07, 6.45) is 0.331. The zero-order valence-electron chi connectivity index (χ0n) is 13.0. The fourth-order valence-corrected chi connectivity index (χ4v) is 3.60. The number of hydrogen-bond donors (Lipinski definition) is 2. The standard InChI is InChI=1S/C17H13Cl2NO4S/c1-23-10-2-4-11(5-3-10)24-15-12(18)6-9(7-13(15)19)8-14-16(21)20-17(22)25-14/h2-7,21H,8H2,1H3,(H,20,22). The Labute approximate surface area is 157 Å². The number of hydrogen-bond acceptors (Lipinski definition) is 5. The molecule has 0 aliphatic rings. The second kappa shape index (κ2) is 7.39. The number of benzene rings is 2. The van der Waals surface area contributed by atoms with Gasteiger partial charge in [0, 0.05) is 6.42 Å². The maximum Gasteiger partial charge on any atom is 0.307 e. The normalized spacial score (nSPS) is 10.7. The van der Waals surface area contributed by atoms with Crippen molar-refractivity contribution in [2.75, 3.05) is 7.11 Å². The van der Waals surface area contributed by atoms with E-state index in [4.69, 9.17) is 32.7 Å². The Morgan fingerprint density at radius 2 is 1.72 bits per heavy atom. The molecule has 1 heterocycles. The monoisotopic (exact) mass is 397 g/mol. The van der Waals surface area contributed by atoms with Crippen LogP contribution in [-0.4, -0.2) is 17.2 Å². The first-order chi connectivity index (χ1) is 12.0. The molecule has 1 aromatic heterocycles. The lowest BCUT2D eigenvalue weighted by Gasteiger charge is -2.12. The summed E-state index contributed by atoms with van der Waals surface area (Å²) >= 11 is 13.5. The van der Waals surface area contributed by atoms with Crippen molar-refractivity contribution in [2.24, 2.45) is 0 Å². The van der Waals surface area contributed by atoms with E-state index in [-0.39, 0.29) is 10.8 Å². The summed E-state index contributed by atoms with van der Waals surface area (Å²) in [5.41, 5.74) is 0.752. The smallest absolute Gasteiger partial charge is 0.307 e. The highest BCUT2D eigenvalue weighted by Crippen LogP contribution is 2.38. The van der Waals surface area contributed by atoms with Crippen molar-refractivity contribution in [1.82, 2.24) is 4.98 Å². The molecule has 0 atom stereocenters. The lowest BCUT2D eigenvalue weighted by atomic mass is 10.1. The molecule has 0 bridgehead atoms. The molecule has 25 heavy (non-hydrogen) atoms. The number of halogens is 2. The van der Waals surface area contributed by atoms with Gasteiger partial charge in [-0.05, 0) is 42.0 Å². The van der Waals surface area contributed by atoms with Gasteiger partial charge in [-0.1, -0.05) is 34.5 Å². The van der Waals surface area contributed by atoms with Crippen LogP contribution in [0.3, 0.4) is 0 Å². The molecular weight excluding hydrogens is 385 g/mol. The van der Waals surface area contributed by atoms with Gasteiger partial charge < -0.3 is 14.6 Å². The van der Waals surface area contributed by atoms with Crippen LogP contribution in [-0.2, 0) is 6.42 Å². The average molecular weight is 398 g/mol. The van der Waals surface area contributed by atoms with Crippen molar-refractivity contribution in [1.29, 1.82) is 0 Å². The van der Waals surface area contributed by atoms with Crippen LogP contribution in [0.4, 0.5) is 0 Å². The summed E-state index contributed by atoms with van der Waals surface area (Å²) in [5, 5.41) is 10.3. The first-order valence-electron chi connectivity index (χ1n) is 7.17. The summed E-state index contributed by atoms with van der Waals surface area (Å²) in [4.78, 5) is 13.8. The molecule has 0 aliphatic carbocycles. The van der Waals surface area contributed by atoms with E-state index in [1.807, 2.05) is 0 Å². The van der Waals surface area contributed by atoms with E-state index in [0.717, 1.165) is 16.9 Å². The number of rotatable bonds is 5. The van der Waals surface area contributed by atoms with E-state index in [1.54, 1.807) is 43.5 Å². The van der Waals surface area contributed by atoms with E-state index in [2.05, 4.69) is 4.98 Å². The Bertz CT molecular complexity index is 927. The lowest BCUT2D eigenvalue weighted by Crippen LogP contribution is -1.91. The highest BCUT2D eigenvalue weighted by molar-refractivity contribution is 7.09. The molecule has 2 aromatic carbocycles. The topological polar surface area (TPSA) is 71.5 Å². The van der Waals surface area contributed by atoms with Crippen molar-refractivity contribution in [3.63, 3.8) is 0 Å². The van der Waals surface area contributed by atoms with Crippen LogP contribution in [0.2, 0.25) is 10.0 Å². The van der Waals surface area contributed by atoms with E-state index in [9.17, 15) is 9.90 Å². The fraction of sp³-hybridized carbons (Fsp3) is 0.118. The number of ether oxygens (including phenoxy) is 2. The second-order valence-electron chi connectivity index (χ2n) is 5.13. The Hall–Kier alpha value is -2.15. The van der Waals surface area contributed by atoms with Crippen LogP contribution in [0.1, 0.15) is 10.4 Å². The zero-order chi connectivity index (χ0) is 18.0. The van der Waals surface area contributed by atoms with Crippen molar-refractivity contribution in [3.8, 4) is 23.1 Å². The van der Waals surface area contributed by atoms with Crippen molar-refractivity contribution in [3.05, 3.63) is 66.6 Å². The Kier molecular flexibility index (Phi) is 5.22. The van der Waals surface area contributed by atoms with Crippen molar-refractivity contribution in [2.45, 2.75) is 6.42 Å². The highest BCUT2D eigenvalue weighted by Gasteiger charge is 2.14. The van der Waals surface area contributed by atoms with Gasteiger partial charge in [0.1, 0.15) is 11.5 Å². The third kappa shape index (κ3) is 4.10. The predicted molar refractivity (Wildman–Crippen MR) is 98.9 cm³/mol. The van der Waals surface area contributed by atoms with Gasteiger partial charge in [-0.2, -0.15) is 0 Å². The summed E-state index contributed by atoms with van der Waals surface area (Å²) in [6, 6.07) is 10.4. The Balaban J connectivity index is 1.84. The highest BCUT2D eigenvalue weighted by atomic mass is 35.5. The first-order valence-corrected chi connectivity index (χ1v) is 8.74. The number of aromatic nitrogens is 1. The molecule has 0 fully saturated rings. The number of thiazole rings is 1. The fourth-order valence-electron chi connectivity index (χ4n) is 2.23. The number of H-pyrrole nitrogens is 1. The van der Waals surface area contributed by atoms with Gasteiger partial charge in [0.05, 0.1) is 22.0 Å². The molecule has 3 rings (SSSR count). The zero-order valence-corrected chi connectivity index (χ0v) is 15.3. The first kappa shape index (κ1) is 17.7. The summed E-state index contributed by atoms with van der Waals surface area (Å²) in [6.45, 7) is 0. The minimum absolute atomic E-state index is 0.138. The lowest BCUT2D eigenvalue weighted by molar-refractivity contribution is 0.413. The van der Waals surface area contributed by atoms with Gasteiger partial charge in [0.2, 0.25) is 5.88 Å². The molecule has 3 aromatic rings. The van der Waals surface area contributed by atoms with Crippen LogP contribution < -0.4 is 14.3 Å². The van der Waals surface area contributed by atoms with Crippen LogP contribution in [0, 0.1) is 0 Å². The molecule has 0 unspecified atom stereocenters. The van der Waals surface area contributed by atoms with Crippen LogP contribution in [0.25, 0.3) is 0 Å². The molecule has 0 saturated heterocycles. The van der Waals surface area contributed by atoms with Gasteiger partial charge in [-0.25, -0.2) is 0 Å².